The molecule has 0 aliphatic carbocycles. The Morgan fingerprint density at radius 3 is 2.45 bits per heavy atom. The lowest BCUT2D eigenvalue weighted by Gasteiger charge is -2.37. The lowest BCUT2D eigenvalue weighted by atomic mass is 9.90. The molecule has 3 rings (SSSR count). The first kappa shape index (κ1) is 21.3. The van der Waals surface area contributed by atoms with Gasteiger partial charge in [-0.1, -0.05) is 11.6 Å². The van der Waals surface area contributed by atoms with Gasteiger partial charge in [-0.3, -0.25) is 9.69 Å². The molecule has 2 aromatic rings. The Labute approximate surface area is 176 Å². The van der Waals surface area contributed by atoms with Crippen molar-refractivity contribution in [1.82, 2.24) is 4.90 Å². The summed E-state index contributed by atoms with van der Waals surface area (Å²) in [7, 11) is 4.65. The Kier molecular flexibility index (Phi) is 7.23. The summed E-state index contributed by atoms with van der Waals surface area (Å²) in [4.78, 5) is 14.3. The van der Waals surface area contributed by atoms with E-state index in [9.17, 15) is 4.79 Å². The van der Waals surface area contributed by atoms with Gasteiger partial charge in [-0.2, -0.15) is 0 Å². The number of hydrogen-bond acceptors (Lipinski definition) is 6. The number of carbonyl (C=O) groups is 1. The van der Waals surface area contributed by atoms with Crippen LogP contribution in [0.1, 0.15) is 23.6 Å². The van der Waals surface area contributed by atoms with Crippen LogP contribution in [-0.2, 0) is 16.0 Å². The second kappa shape index (κ2) is 9.85. The molecule has 0 saturated carbocycles. The molecule has 6 nitrogen and oxygen atoms in total. The number of methoxy groups -OCH3 is 3. The molecule has 0 saturated heterocycles. The van der Waals surface area contributed by atoms with Crippen LogP contribution in [-0.4, -0.2) is 51.9 Å². The maximum absolute atomic E-state index is 12.1. The summed E-state index contributed by atoms with van der Waals surface area (Å²) in [5.74, 6) is 1.87. The van der Waals surface area contributed by atoms with Crippen LogP contribution in [0.3, 0.4) is 0 Å². The van der Waals surface area contributed by atoms with E-state index in [-0.39, 0.29) is 18.4 Å². The molecule has 0 N–H and O–H groups in total. The number of esters is 1. The summed E-state index contributed by atoms with van der Waals surface area (Å²) in [5.41, 5.74) is 2.22. The van der Waals surface area contributed by atoms with Crippen molar-refractivity contribution in [2.24, 2.45) is 0 Å². The maximum atomic E-state index is 12.1. The number of nitrogens with zero attached hydrogens (tertiary/aromatic N) is 1. The number of carbonyl (C=O) groups excluding carboxylic acids is 1. The van der Waals surface area contributed by atoms with Crippen LogP contribution in [0, 0.1) is 0 Å². The Hall–Kier alpha value is -2.44. The molecule has 0 aromatic heterocycles. The van der Waals surface area contributed by atoms with Gasteiger partial charge in [-0.15, -0.1) is 0 Å². The van der Waals surface area contributed by atoms with Gasteiger partial charge in [-0.05, 0) is 53.9 Å². The molecule has 0 spiro atoms. The van der Waals surface area contributed by atoms with E-state index >= 15 is 0 Å². The van der Waals surface area contributed by atoms with Gasteiger partial charge in [0.2, 0.25) is 0 Å². The predicted octanol–water partition coefficient (Wildman–Crippen LogP) is 3.90. The number of halogens is 1. The zero-order valence-corrected chi connectivity index (χ0v) is 17.7. The van der Waals surface area contributed by atoms with Crippen LogP contribution < -0.4 is 14.2 Å². The average Bonchev–Trinajstić information content (AvgIpc) is 2.75. The third-order valence-electron chi connectivity index (χ3n) is 5.16. The van der Waals surface area contributed by atoms with Crippen molar-refractivity contribution < 1.29 is 23.7 Å². The van der Waals surface area contributed by atoms with Crippen molar-refractivity contribution in [3.8, 4) is 17.2 Å². The van der Waals surface area contributed by atoms with Gasteiger partial charge in [0.05, 0.1) is 27.8 Å². The fourth-order valence-electron chi connectivity index (χ4n) is 3.64. The van der Waals surface area contributed by atoms with Crippen molar-refractivity contribution in [2.45, 2.75) is 18.9 Å². The molecule has 1 aliphatic heterocycles. The summed E-state index contributed by atoms with van der Waals surface area (Å²) < 4.78 is 21.7. The molecule has 1 atom stereocenters. The molecule has 0 unspecified atom stereocenters. The molecule has 2 aromatic carbocycles. The second-order valence-corrected chi connectivity index (χ2v) is 7.23. The quantitative estimate of drug-likeness (QED) is 0.605. The molecule has 0 radical (unpaired) electrons. The van der Waals surface area contributed by atoms with E-state index in [2.05, 4.69) is 4.90 Å². The van der Waals surface area contributed by atoms with Gasteiger partial charge >= 0.3 is 5.97 Å². The van der Waals surface area contributed by atoms with E-state index in [4.69, 9.17) is 30.5 Å². The zero-order valence-electron chi connectivity index (χ0n) is 16.9. The second-order valence-electron chi connectivity index (χ2n) is 6.79. The highest BCUT2D eigenvalue weighted by Gasteiger charge is 2.31. The van der Waals surface area contributed by atoms with Gasteiger partial charge < -0.3 is 18.9 Å². The van der Waals surface area contributed by atoms with E-state index in [1.807, 2.05) is 24.3 Å². The Morgan fingerprint density at radius 1 is 1.10 bits per heavy atom. The van der Waals surface area contributed by atoms with Crippen molar-refractivity contribution in [2.75, 3.05) is 41.0 Å². The van der Waals surface area contributed by atoms with Crippen molar-refractivity contribution >= 4 is 17.6 Å². The Morgan fingerprint density at radius 2 is 1.79 bits per heavy atom. The summed E-state index contributed by atoms with van der Waals surface area (Å²) in [6.45, 7) is 1.99. The van der Waals surface area contributed by atoms with E-state index in [0.29, 0.717) is 29.7 Å². The molecule has 1 aliphatic rings. The van der Waals surface area contributed by atoms with Gasteiger partial charge in [0.1, 0.15) is 12.4 Å². The molecule has 7 heteroatoms. The first-order valence-electron chi connectivity index (χ1n) is 9.49. The minimum atomic E-state index is -0.249. The van der Waals surface area contributed by atoms with Crippen LogP contribution >= 0.6 is 11.6 Å². The van der Waals surface area contributed by atoms with Gasteiger partial charge in [0.15, 0.2) is 11.5 Å². The van der Waals surface area contributed by atoms with Crippen LogP contribution in [0.2, 0.25) is 5.02 Å². The first-order chi connectivity index (χ1) is 14.0. The highest BCUT2D eigenvalue weighted by molar-refractivity contribution is 6.30. The number of benzene rings is 2. The van der Waals surface area contributed by atoms with Gasteiger partial charge in [-0.25, -0.2) is 0 Å². The summed E-state index contributed by atoms with van der Waals surface area (Å²) in [5, 5.41) is 0.674. The largest absolute Gasteiger partial charge is 0.493 e. The standard InChI is InChI=1S/C22H26ClNO5/c1-26-20-12-15-8-9-24(10-11-29-17-6-4-16(23)5-7-17)19(14-22(25)28-3)18(15)13-21(20)27-2/h4-7,12-13,19H,8-11,14H2,1-3H3/t19-/m0/s1. The van der Waals surface area contributed by atoms with Gasteiger partial charge in [0, 0.05) is 24.2 Å². The topological polar surface area (TPSA) is 57.2 Å². The fourth-order valence-corrected chi connectivity index (χ4v) is 3.77. The molecule has 156 valence electrons. The molecule has 0 amide bonds. The SMILES string of the molecule is COC(=O)C[C@H]1c2cc(OC)c(OC)cc2CCN1CCOc1ccc(Cl)cc1. The molecular formula is C22H26ClNO5. The Balaban J connectivity index is 1.77. The minimum absolute atomic E-state index is 0.111. The third-order valence-corrected chi connectivity index (χ3v) is 5.41. The minimum Gasteiger partial charge on any atom is -0.493 e. The van der Waals surface area contributed by atoms with E-state index in [1.165, 1.54) is 7.11 Å². The first-order valence-corrected chi connectivity index (χ1v) is 9.87. The normalized spacial score (nSPS) is 16.1. The fraction of sp³-hybridized carbons (Fsp3) is 0.409. The van der Waals surface area contributed by atoms with Crippen molar-refractivity contribution in [3.63, 3.8) is 0 Å². The summed E-state index contributed by atoms with van der Waals surface area (Å²) in [6.07, 6.45) is 1.12. The van der Waals surface area contributed by atoms with Crippen molar-refractivity contribution in [3.05, 3.63) is 52.5 Å². The molecular weight excluding hydrogens is 394 g/mol. The predicted molar refractivity (Wildman–Crippen MR) is 111 cm³/mol. The highest BCUT2D eigenvalue weighted by Crippen LogP contribution is 2.39. The van der Waals surface area contributed by atoms with E-state index in [0.717, 1.165) is 29.8 Å². The number of hydrogen-bond donors (Lipinski definition) is 0. The van der Waals surface area contributed by atoms with Crippen LogP contribution in [0.4, 0.5) is 0 Å². The molecule has 0 fully saturated rings. The van der Waals surface area contributed by atoms with E-state index < -0.39 is 0 Å². The van der Waals surface area contributed by atoms with Crippen LogP contribution in [0.15, 0.2) is 36.4 Å². The number of fused-ring (bicyclic) bond motifs is 1. The zero-order chi connectivity index (χ0) is 20.8. The molecule has 0 bridgehead atoms. The monoisotopic (exact) mass is 419 g/mol. The average molecular weight is 420 g/mol. The Bertz CT molecular complexity index is 840. The summed E-state index contributed by atoms with van der Waals surface area (Å²) >= 11 is 5.92. The lowest BCUT2D eigenvalue weighted by molar-refractivity contribution is -0.142. The highest BCUT2D eigenvalue weighted by atomic mass is 35.5. The van der Waals surface area contributed by atoms with Crippen LogP contribution in [0.25, 0.3) is 0 Å². The van der Waals surface area contributed by atoms with Crippen molar-refractivity contribution in [1.29, 1.82) is 0 Å². The molecule has 29 heavy (non-hydrogen) atoms. The molecule has 1 heterocycles. The number of ether oxygens (including phenoxy) is 4. The van der Waals surface area contributed by atoms with Gasteiger partial charge in [0.25, 0.3) is 0 Å². The summed E-state index contributed by atoms with van der Waals surface area (Å²) in [6, 6.07) is 11.1. The maximum Gasteiger partial charge on any atom is 0.307 e. The number of rotatable bonds is 8. The third kappa shape index (κ3) is 5.14. The van der Waals surface area contributed by atoms with E-state index in [1.54, 1.807) is 26.4 Å². The smallest absolute Gasteiger partial charge is 0.307 e. The lowest BCUT2D eigenvalue weighted by Crippen LogP contribution is -2.39. The van der Waals surface area contributed by atoms with Crippen LogP contribution in [0.5, 0.6) is 17.2 Å².